The van der Waals surface area contributed by atoms with Crippen LogP contribution in [0.2, 0.25) is 0 Å². The fraction of sp³-hybridized carbons (Fsp3) is 0.261. The van der Waals surface area contributed by atoms with Gasteiger partial charge in [0, 0.05) is 43.5 Å². The molecule has 2 aromatic carbocycles. The van der Waals surface area contributed by atoms with E-state index in [1.54, 1.807) is 0 Å². The summed E-state index contributed by atoms with van der Waals surface area (Å²) < 4.78 is 1.38. The van der Waals surface area contributed by atoms with Crippen LogP contribution in [0.5, 0.6) is 0 Å². The van der Waals surface area contributed by atoms with Crippen LogP contribution < -0.4 is 10.5 Å². The van der Waals surface area contributed by atoms with E-state index in [-0.39, 0.29) is 18.0 Å². The lowest BCUT2D eigenvalue weighted by molar-refractivity contribution is -0.132. The first kappa shape index (κ1) is 18.9. The highest BCUT2D eigenvalue weighted by Crippen LogP contribution is 2.18. The second-order valence-corrected chi connectivity index (χ2v) is 7.31. The van der Waals surface area contributed by atoms with Crippen LogP contribution in [0.3, 0.4) is 0 Å². The zero-order valence-electron chi connectivity index (χ0n) is 16.5. The average molecular weight is 388 g/mol. The molecule has 0 atom stereocenters. The lowest BCUT2D eigenvalue weighted by Gasteiger charge is -2.36. The van der Waals surface area contributed by atoms with Gasteiger partial charge in [0.05, 0.1) is 12.0 Å². The molecular formula is C23H24N4O2. The minimum atomic E-state index is -0.217. The zero-order valence-corrected chi connectivity index (χ0v) is 16.5. The van der Waals surface area contributed by atoms with Gasteiger partial charge in [0.2, 0.25) is 5.91 Å². The van der Waals surface area contributed by atoms with E-state index in [1.807, 2.05) is 35.2 Å². The van der Waals surface area contributed by atoms with Crippen molar-refractivity contribution in [3.05, 3.63) is 82.9 Å². The average Bonchev–Trinajstić information content (AvgIpc) is 2.76. The predicted molar refractivity (Wildman–Crippen MR) is 114 cm³/mol. The molecule has 6 nitrogen and oxygen atoms in total. The van der Waals surface area contributed by atoms with E-state index in [4.69, 9.17) is 0 Å². The lowest BCUT2D eigenvalue weighted by Crippen LogP contribution is -2.50. The van der Waals surface area contributed by atoms with E-state index < -0.39 is 0 Å². The third-order valence-corrected chi connectivity index (χ3v) is 5.25. The summed E-state index contributed by atoms with van der Waals surface area (Å²) in [5.74, 6) is -0.0507. The lowest BCUT2D eigenvalue weighted by atomic mass is 10.1. The number of hydrogen-bond donors (Lipinski definition) is 0. The molecule has 148 valence electrons. The molecular weight excluding hydrogens is 364 g/mol. The minimum absolute atomic E-state index is 0.0192. The smallest absolute Gasteiger partial charge is 0.254 e. The molecule has 0 unspecified atom stereocenters. The molecule has 2 heterocycles. The molecule has 1 aliphatic heterocycles. The maximum Gasteiger partial charge on any atom is 0.254 e. The van der Waals surface area contributed by atoms with E-state index >= 15 is 0 Å². The van der Waals surface area contributed by atoms with Gasteiger partial charge in [-0.05, 0) is 24.6 Å². The summed E-state index contributed by atoms with van der Waals surface area (Å²) >= 11 is 0. The third kappa shape index (κ3) is 4.37. The van der Waals surface area contributed by atoms with Gasteiger partial charge < -0.3 is 9.80 Å². The normalized spacial score (nSPS) is 14.1. The fourth-order valence-electron chi connectivity index (χ4n) is 3.60. The Hall–Kier alpha value is -3.41. The van der Waals surface area contributed by atoms with Crippen molar-refractivity contribution in [2.24, 2.45) is 0 Å². The van der Waals surface area contributed by atoms with Crippen LogP contribution in [0.1, 0.15) is 5.56 Å². The van der Waals surface area contributed by atoms with Crippen LogP contribution in [0.15, 0.2) is 71.8 Å². The van der Waals surface area contributed by atoms with Crippen molar-refractivity contribution in [2.45, 2.75) is 13.5 Å². The molecule has 0 bridgehead atoms. The number of amides is 1. The first-order chi connectivity index (χ1) is 14.1. The third-order valence-electron chi connectivity index (χ3n) is 5.25. The van der Waals surface area contributed by atoms with Crippen LogP contribution in [0.25, 0.3) is 11.3 Å². The number of aryl methyl sites for hydroxylation is 1. The fourth-order valence-corrected chi connectivity index (χ4v) is 3.60. The molecule has 1 saturated heterocycles. The van der Waals surface area contributed by atoms with Crippen molar-refractivity contribution < 1.29 is 4.79 Å². The maximum atomic E-state index is 12.7. The van der Waals surface area contributed by atoms with Gasteiger partial charge in [-0.2, -0.15) is 0 Å². The number of carbonyl (C=O) groups is 1. The van der Waals surface area contributed by atoms with E-state index in [0.29, 0.717) is 18.8 Å². The van der Waals surface area contributed by atoms with Crippen LogP contribution in [-0.4, -0.2) is 46.5 Å². The number of nitrogens with zero attached hydrogens (tertiary/aromatic N) is 4. The monoisotopic (exact) mass is 388 g/mol. The van der Waals surface area contributed by atoms with Crippen molar-refractivity contribution >= 4 is 11.6 Å². The highest BCUT2D eigenvalue weighted by Gasteiger charge is 2.22. The first-order valence-corrected chi connectivity index (χ1v) is 9.81. The molecule has 3 aromatic rings. The van der Waals surface area contributed by atoms with Gasteiger partial charge in [0.25, 0.3) is 5.56 Å². The Bertz CT molecular complexity index is 1050. The van der Waals surface area contributed by atoms with Crippen LogP contribution >= 0.6 is 0 Å². The van der Waals surface area contributed by atoms with Gasteiger partial charge in [-0.25, -0.2) is 4.98 Å². The number of rotatable bonds is 4. The Balaban J connectivity index is 1.38. The Morgan fingerprint density at radius 2 is 1.72 bits per heavy atom. The van der Waals surface area contributed by atoms with Crippen LogP contribution in [0.4, 0.5) is 5.69 Å². The predicted octanol–water partition coefficient (Wildman–Crippen LogP) is 2.57. The molecule has 0 radical (unpaired) electrons. The molecule has 0 N–H and O–H groups in total. The number of benzene rings is 2. The molecule has 0 saturated carbocycles. The quantitative estimate of drug-likeness (QED) is 0.689. The maximum absolute atomic E-state index is 12.7. The van der Waals surface area contributed by atoms with Crippen molar-refractivity contribution in [1.82, 2.24) is 14.5 Å². The van der Waals surface area contributed by atoms with Gasteiger partial charge in [0.1, 0.15) is 6.54 Å². The summed E-state index contributed by atoms with van der Waals surface area (Å²) in [5, 5.41) is 0. The molecule has 6 heteroatoms. The van der Waals surface area contributed by atoms with Gasteiger partial charge in [-0.1, -0.05) is 42.5 Å². The van der Waals surface area contributed by atoms with E-state index in [1.165, 1.54) is 28.2 Å². The summed E-state index contributed by atoms with van der Waals surface area (Å²) in [6.45, 7) is 4.97. The topological polar surface area (TPSA) is 58.4 Å². The van der Waals surface area contributed by atoms with Crippen molar-refractivity contribution in [3.63, 3.8) is 0 Å². The molecule has 4 rings (SSSR count). The second-order valence-electron chi connectivity index (χ2n) is 7.31. The largest absolute Gasteiger partial charge is 0.368 e. The Labute approximate surface area is 170 Å². The second kappa shape index (κ2) is 8.31. The van der Waals surface area contributed by atoms with Crippen molar-refractivity contribution in [1.29, 1.82) is 0 Å². The molecule has 1 aliphatic rings. The van der Waals surface area contributed by atoms with Crippen LogP contribution in [0, 0.1) is 6.92 Å². The highest BCUT2D eigenvalue weighted by atomic mass is 16.2. The zero-order chi connectivity index (χ0) is 20.2. The van der Waals surface area contributed by atoms with E-state index in [0.717, 1.165) is 18.7 Å². The number of hydrogen-bond acceptors (Lipinski definition) is 4. The highest BCUT2D eigenvalue weighted by molar-refractivity contribution is 5.76. The van der Waals surface area contributed by atoms with Gasteiger partial charge in [0.15, 0.2) is 0 Å². The first-order valence-electron chi connectivity index (χ1n) is 9.81. The standard InChI is InChI=1S/C23H24N4O2/c1-18-6-5-9-20(14-18)25-10-12-26(13-11-25)23(29)16-27-17-24-21(15-22(27)28)19-7-3-2-4-8-19/h2-9,14-15,17H,10-13,16H2,1H3. The number of aromatic nitrogens is 2. The van der Waals surface area contributed by atoms with Crippen molar-refractivity contribution in [3.8, 4) is 11.3 Å². The van der Waals surface area contributed by atoms with Gasteiger partial charge >= 0.3 is 0 Å². The van der Waals surface area contributed by atoms with Crippen LogP contribution in [-0.2, 0) is 11.3 Å². The summed E-state index contributed by atoms with van der Waals surface area (Å²) in [4.78, 5) is 33.6. The molecule has 1 aromatic heterocycles. The number of anilines is 1. The Morgan fingerprint density at radius 3 is 2.41 bits per heavy atom. The molecule has 1 fully saturated rings. The van der Waals surface area contributed by atoms with Gasteiger partial charge in [-0.3, -0.25) is 14.2 Å². The summed E-state index contributed by atoms with van der Waals surface area (Å²) in [7, 11) is 0. The molecule has 0 spiro atoms. The van der Waals surface area contributed by atoms with E-state index in [9.17, 15) is 9.59 Å². The minimum Gasteiger partial charge on any atom is -0.368 e. The van der Waals surface area contributed by atoms with Crippen molar-refractivity contribution in [2.75, 3.05) is 31.1 Å². The van der Waals surface area contributed by atoms with Gasteiger partial charge in [-0.15, -0.1) is 0 Å². The Morgan fingerprint density at radius 1 is 0.966 bits per heavy atom. The summed E-state index contributed by atoms with van der Waals surface area (Å²) in [6, 6.07) is 19.4. The SMILES string of the molecule is Cc1cccc(N2CCN(C(=O)Cn3cnc(-c4ccccc4)cc3=O)CC2)c1. The molecule has 29 heavy (non-hydrogen) atoms. The van der Waals surface area contributed by atoms with E-state index in [2.05, 4.69) is 41.1 Å². The number of carbonyl (C=O) groups excluding carboxylic acids is 1. The molecule has 1 amide bonds. The summed E-state index contributed by atoms with van der Waals surface area (Å²) in [6.07, 6.45) is 1.46. The Kier molecular flexibility index (Phi) is 5.42. The summed E-state index contributed by atoms with van der Waals surface area (Å²) in [5.41, 5.74) is 3.70. The molecule has 0 aliphatic carbocycles. The number of piperazine rings is 1.